The summed E-state index contributed by atoms with van der Waals surface area (Å²) in [5, 5.41) is 11.4. The van der Waals surface area contributed by atoms with Crippen molar-refractivity contribution < 1.29 is 14.3 Å². The summed E-state index contributed by atoms with van der Waals surface area (Å²) >= 11 is 12.2. The number of hydrogen-bond donors (Lipinski definition) is 1. The molecule has 5 nitrogen and oxygen atoms in total. The third kappa shape index (κ3) is 3.67. The molecule has 1 fully saturated rings. The van der Waals surface area contributed by atoms with Crippen LogP contribution >= 0.6 is 35.6 Å². The van der Waals surface area contributed by atoms with Crippen LogP contribution in [0, 0.1) is 11.3 Å². The highest BCUT2D eigenvalue weighted by atomic mass is 35.5. The molecular formula is C13H9ClN2O3S2. The summed E-state index contributed by atoms with van der Waals surface area (Å²) < 4.78 is 10.8. The van der Waals surface area contributed by atoms with Crippen LogP contribution < -0.4 is 14.8 Å². The van der Waals surface area contributed by atoms with E-state index in [1.165, 1.54) is 18.9 Å². The number of methoxy groups -OCH3 is 1. The van der Waals surface area contributed by atoms with Crippen molar-refractivity contribution in [3.8, 4) is 17.6 Å². The van der Waals surface area contributed by atoms with Gasteiger partial charge in [-0.3, -0.25) is 4.79 Å². The molecule has 0 spiro atoms. The molecule has 1 aromatic rings. The van der Waals surface area contributed by atoms with Gasteiger partial charge in [-0.05, 0) is 23.8 Å². The van der Waals surface area contributed by atoms with Crippen LogP contribution in [0.25, 0.3) is 6.08 Å². The third-order valence-corrected chi connectivity index (χ3v) is 3.91. The van der Waals surface area contributed by atoms with Crippen molar-refractivity contribution >= 4 is 51.9 Å². The molecule has 1 aliphatic heterocycles. The van der Waals surface area contributed by atoms with Crippen molar-refractivity contribution in [3.63, 3.8) is 0 Å². The molecule has 1 aliphatic rings. The van der Waals surface area contributed by atoms with Crippen LogP contribution in [0.15, 0.2) is 17.0 Å². The van der Waals surface area contributed by atoms with Gasteiger partial charge >= 0.3 is 0 Å². The third-order valence-electron chi connectivity index (χ3n) is 2.47. The Morgan fingerprint density at radius 2 is 2.33 bits per heavy atom. The lowest BCUT2D eigenvalue weighted by Gasteiger charge is -2.11. The first kappa shape index (κ1) is 15.6. The van der Waals surface area contributed by atoms with Gasteiger partial charge in [0.15, 0.2) is 18.1 Å². The van der Waals surface area contributed by atoms with Crippen LogP contribution in [-0.4, -0.2) is 23.9 Å². The summed E-state index contributed by atoms with van der Waals surface area (Å²) in [6.07, 6.45) is 1.64. The van der Waals surface area contributed by atoms with Crippen LogP contribution in [0.5, 0.6) is 11.5 Å². The average Bonchev–Trinajstić information content (AvgIpc) is 2.74. The Labute approximate surface area is 135 Å². The fourth-order valence-electron chi connectivity index (χ4n) is 1.66. The molecule has 21 heavy (non-hydrogen) atoms. The summed E-state index contributed by atoms with van der Waals surface area (Å²) in [5.41, 5.74) is 0.649. The van der Waals surface area contributed by atoms with Gasteiger partial charge < -0.3 is 14.8 Å². The molecule has 108 valence electrons. The zero-order valence-corrected chi connectivity index (χ0v) is 13.2. The second-order valence-electron chi connectivity index (χ2n) is 3.83. The van der Waals surface area contributed by atoms with Gasteiger partial charge in [-0.1, -0.05) is 35.6 Å². The van der Waals surface area contributed by atoms with Gasteiger partial charge in [-0.25, -0.2) is 0 Å². The van der Waals surface area contributed by atoms with Crippen LogP contribution in [0.2, 0.25) is 5.02 Å². The number of thiocarbonyl (C=S) groups is 1. The lowest BCUT2D eigenvalue weighted by molar-refractivity contribution is -0.115. The smallest absolute Gasteiger partial charge is 0.263 e. The highest BCUT2D eigenvalue weighted by molar-refractivity contribution is 8.26. The number of nitrogens with one attached hydrogen (secondary N) is 1. The zero-order chi connectivity index (χ0) is 15.4. The van der Waals surface area contributed by atoms with Gasteiger partial charge in [0.1, 0.15) is 10.4 Å². The molecule has 0 aromatic heterocycles. The van der Waals surface area contributed by atoms with Crippen LogP contribution in [0.3, 0.4) is 0 Å². The molecule has 1 amide bonds. The Hall–Kier alpha value is -1.75. The van der Waals surface area contributed by atoms with Crippen molar-refractivity contribution in [2.75, 3.05) is 13.7 Å². The van der Waals surface area contributed by atoms with Gasteiger partial charge in [0, 0.05) is 0 Å². The Kier molecular flexibility index (Phi) is 5.07. The van der Waals surface area contributed by atoms with E-state index in [0.717, 1.165) is 0 Å². The van der Waals surface area contributed by atoms with Crippen LogP contribution in [-0.2, 0) is 4.79 Å². The summed E-state index contributed by atoms with van der Waals surface area (Å²) in [6.45, 7) is -0.133. The molecule has 1 aromatic carbocycles. The van der Waals surface area contributed by atoms with E-state index in [2.05, 4.69) is 5.32 Å². The number of ether oxygens (including phenoxy) is 2. The molecule has 0 aliphatic carbocycles. The molecule has 0 bridgehead atoms. The summed E-state index contributed by atoms with van der Waals surface area (Å²) in [4.78, 5) is 12.1. The fourth-order valence-corrected chi connectivity index (χ4v) is 3.00. The summed E-state index contributed by atoms with van der Waals surface area (Å²) in [7, 11) is 1.46. The standard InChI is InChI=1S/C13H9ClN2O3S2/c1-18-11-8(14)4-7(5-9(11)19-3-2-15)6-10-12(17)16-13(20)21-10/h4-6H,3H2,1H3,(H,16,17,20)/b10-6-. The number of carbonyl (C=O) groups is 1. The van der Waals surface area contributed by atoms with Gasteiger partial charge in [-0.2, -0.15) is 5.26 Å². The quantitative estimate of drug-likeness (QED) is 0.671. The van der Waals surface area contributed by atoms with E-state index in [0.29, 0.717) is 31.3 Å². The Bertz CT molecular complexity index is 683. The molecule has 1 N–H and O–H groups in total. The highest BCUT2D eigenvalue weighted by Gasteiger charge is 2.22. The number of benzene rings is 1. The molecule has 1 saturated heterocycles. The summed E-state index contributed by atoms with van der Waals surface area (Å²) in [6, 6.07) is 5.15. The largest absolute Gasteiger partial charge is 0.491 e. The maximum absolute atomic E-state index is 11.6. The number of halogens is 1. The summed E-state index contributed by atoms with van der Waals surface area (Å²) in [5.74, 6) is 0.425. The van der Waals surface area contributed by atoms with Crippen LogP contribution in [0.4, 0.5) is 0 Å². The number of hydrogen-bond acceptors (Lipinski definition) is 6. The first-order chi connectivity index (χ1) is 10.0. The number of nitriles is 1. The van der Waals surface area contributed by atoms with Gasteiger partial charge in [0.05, 0.1) is 17.0 Å². The molecule has 1 heterocycles. The predicted octanol–water partition coefficient (Wildman–Crippen LogP) is 2.74. The molecule has 0 unspecified atom stereocenters. The molecular weight excluding hydrogens is 332 g/mol. The first-order valence-electron chi connectivity index (χ1n) is 5.67. The molecule has 0 saturated carbocycles. The maximum Gasteiger partial charge on any atom is 0.263 e. The van der Waals surface area contributed by atoms with E-state index in [1.807, 2.05) is 6.07 Å². The van der Waals surface area contributed by atoms with Crippen molar-refractivity contribution in [1.82, 2.24) is 5.32 Å². The number of rotatable bonds is 4. The van der Waals surface area contributed by atoms with Gasteiger partial charge in [0.25, 0.3) is 5.91 Å². The Morgan fingerprint density at radius 1 is 1.57 bits per heavy atom. The van der Waals surface area contributed by atoms with E-state index in [-0.39, 0.29) is 12.5 Å². The normalized spacial score (nSPS) is 15.8. The minimum absolute atomic E-state index is 0.133. The molecule has 0 radical (unpaired) electrons. The van der Waals surface area contributed by atoms with E-state index < -0.39 is 0 Å². The number of carbonyl (C=O) groups excluding carboxylic acids is 1. The number of amides is 1. The molecule has 8 heteroatoms. The van der Waals surface area contributed by atoms with Gasteiger partial charge in [-0.15, -0.1) is 0 Å². The fraction of sp³-hybridized carbons (Fsp3) is 0.154. The SMILES string of the molecule is COc1c(Cl)cc(/C=C2\SC(=S)NC2=O)cc1OCC#N. The minimum Gasteiger partial charge on any atom is -0.491 e. The second-order valence-corrected chi connectivity index (χ2v) is 5.96. The second kappa shape index (κ2) is 6.80. The zero-order valence-electron chi connectivity index (χ0n) is 10.8. The van der Waals surface area contributed by atoms with E-state index in [4.69, 9.17) is 38.6 Å². The van der Waals surface area contributed by atoms with Gasteiger partial charge in [0.2, 0.25) is 0 Å². The lowest BCUT2D eigenvalue weighted by Crippen LogP contribution is -2.17. The van der Waals surface area contributed by atoms with E-state index in [9.17, 15) is 4.79 Å². The minimum atomic E-state index is -0.253. The number of nitrogens with zero attached hydrogens (tertiary/aromatic N) is 1. The predicted molar refractivity (Wildman–Crippen MR) is 85.4 cm³/mol. The van der Waals surface area contributed by atoms with E-state index in [1.54, 1.807) is 18.2 Å². The topological polar surface area (TPSA) is 71.3 Å². The average molecular weight is 341 g/mol. The lowest BCUT2D eigenvalue weighted by atomic mass is 10.2. The number of thioether (sulfide) groups is 1. The molecule has 2 rings (SSSR count). The maximum atomic E-state index is 11.6. The first-order valence-corrected chi connectivity index (χ1v) is 7.27. The van der Waals surface area contributed by atoms with Crippen molar-refractivity contribution in [2.45, 2.75) is 0 Å². The van der Waals surface area contributed by atoms with E-state index >= 15 is 0 Å². The Morgan fingerprint density at radius 3 is 2.90 bits per heavy atom. The van der Waals surface area contributed by atoms with Crippen molar-refractivity contribution in [2.24, 2.45) is 0 Å². The Balaban J connectivity index is 2.39. The molecule has 0 atom stereocenters. The van der Waals surface area contributed by atoms with Crippen LogP contribution in [0.1, 0.15) is 5.56 Å². The monoisotopic (exact) mass is 340 g/mol. The van der Waals surface area contributed by atoms with Crippen molar-refractivity contribution in [1.29, 1.82) is 5.26 Å². The highest BCUT2D eigenvalue weighted by Crippen LogP contribution is 2.37. The van der Waals surface area contributed by atoms with Crippen molar-refractivity contribution in [3.05, 3.63) is 27.6 Å².